The number of carbonyl (C=O) groups excluding carboxylic acids is 1. The van der Waals surface area contributed by atoms with E-state index in [0.29, 0.717) is 5.13 Å². The Hall–Kier alpha value is -2.15. The molecular formula is C12H13N3O3S. The number of benzene rings is 1. The largest absolute Gasteiger partial charge is 0.480 e. The number of likely N-dealkylation sites (N-methyl/N-ethyl adjacent to an activating group) is 1. The number of nitrogens with one attached hydrogen (secondary N) is 1. The van der Waals surface area contributed by atoms with Crippen molar-refractivity contribution in [3.63, 3.8) is 0 Å². The fourth-order valence-corrected chi connectivity index (χ4v) is 2.30. The highest BCUT2D eigenvalue weighted by Crippen LogP contribution is 2.25. The van der Waals surface area contributed by atoms with Gasteiger partial charge in [-0.15, -0.1) is 0 Å². The maximum Gasteiger partial charge on any atom is 0.326 e. The van der Waals surface area contributed by atoms with Crippen molar-refractivity contribution in [3.8, 4) is 0 Å². The van der Waals surface area contributed by atoms with Crippen LogP contribution >= 0.6 is 11.3 Å². The minimum absolute atomic E-state index is 0.454. The molecule has 2 amide bonds. The summed E-state index contributed by atoms with van der Waals surface area (Å²) in [6.07, 6.45) is 0. The van der Waals surface area contributed by atoms with Crippen LogP contribution in [0.5, 0.6) is 0 Å². The second kappa shape index (κ2) is 5.23. The highest BCUT2D eigenvalue weighted by atomic mass is 32.1. The minimum atomic E-state index is -1.05. The zero-order valence-corrected chi connectivity index (χ0v) is 11.3. The van der Waals surface area contributed by atoms with Crippen LogP contribution in [0.4, 0.5) is 9.93 Å². The van der Waals surface area contributed by atoms with Gasteiger partial charge in [0.1, 0.15) is 6.04 Å². The number of anilines is 1. The zero-order chi connectivity index (χ0) is 14.0. The highest BCUT2D eigenvalue weighted by Gasteiger charge is 2.22. The summed E-state index contributed by atoms with van der Waals surface area (Å²) < 4.78 is 0.965. The molecule has 0 saturated heterocycles. The van der Waals surface area contributed by atoms with Gasteiger partial charge in [-0.1, -0.05) is 23.5 Å². The summed E-state index contributed by atoms with van der Waals surface area (Å²) in [7, 11) is 1.43. The topological polar surface area (TPSA) is 82.5 Å². The number of fused-ring (bicyclic) bond motifs is 1. The molecule has 19 heavy (non-hydrogen) atoms. The lowest BCUT2D eigenvalue weighted by Crippen LogP contribution is -2.42. The van der Waals surface area contributed by atoms with Gasteiger partial charge in [-0.2, -0.15) is 0 Å². The second-order valence-corrected chi connectivity index (χ2v) is 5.07. The molecule has 2 rings (SSSR count). The zero-order valence-electron chi connectivity index (χ0n) is 10.5. The van der Waals surface area contributed by atoms with E-state index in [9.17, 15) is 9.59 Å². The van der Waals surface area contributed by atoms with Gasteiger partial charge in [-0.3, -0.25) is 5.32 Å². The Kier molecular flexibility index (Phi) is 3.66. The van der Waals surface area contributed by atoms with Crippen LogP contribution in [0.3, 0.4) is 0 Å². The van der Waals surface area contributed by atoms with Crippen molar-refractivity contribution in [1.29, 1.82) is 0 Å². The Balaban J connectivity index is 2.12. The fraction of sp³-hybridized carbons (Fsp3) is 0.250. The Labute approximate surface area is 113 Å². The van der Waals surface area contributed by atoms with Crippen molar-refractivity contribution >= 4 is 38.7 Å². The predicted octanol–water partition coefficient (Wildman–Crippen LogP) is 2.23. The number of aromatic nitrogens is 1. The van der Waals surface area contributed by atoms with Crippen molar-refractivity contribution in [3.05, 3.63) is 24.3 Å². The molecule has 0 aliphatic heterocycles. The van der Waals surface area contributed by atoms with Gasteiger partial charge in [0.15, 0.2) is 5.13 Å². The van der Waals surface area contributed by atoms with Crippen LogP contribution < -0.4 is 5.32 Å². The van der Waals surface area contributed by atoms with E-state index < -0.39 is 18.0 Å². The highest BCUT2D eigenvalue weighted by molar-refractivity contribution is 7.22. The summed E-state index contributed by atoms with van der Waals surface area (Å²) in [5.41, 5.74) is 0.803. The smallest absolute Gasteiger partial charge is 0.326 e. The maximum absolute atomic E-state index is 11.9. The minimum Gasteiger partial charge on any atom is -0.480 e. The molecule has 1 heterocycles. The third-order valence-electron chi connectivity index (χ3n) is 2.77. The molecule has 0 fully saturated rings. The number of urea groups is 1. The molecule has 0 aliphatic rings. The molecule has 2 aromatic rings. The number of para-hydroxylation sites is 1. The van der Waals surface area contributed by atoms with Crippen LogP contribution in [0.15, 0.2) is 24.3 Å². The number of aliphatic carboxylic acids is 1. The number of carboxylic acids is 1. The van der Waals surface area contributed by atoms with Gasteiger partial charge in [0.25, 0.3) is 0 Å². The van der Waals surface area contributed by atoms with Gasteiger partial charge in [-0.25, -0.2) is 14.6 Å². The van der Waals surface area contributed by atoms with Crippen LogP contribution in [0.1, 0.15) is 6.92 Å². The van der Waals surface area contributed by atoms with Crippen molar-refractivity contribution in [2.75, 3.05) is 12.4 Å². The third-order valence-corrected chi connectivity index (χ3v) is 3.72. The van der Waals surface area contributed by atoms with E-state index >= 15 is 0 Å². The van der Waals surface area contributed by atoms with Gasteiger partial charge in [0.05, 0.1) is 10.2 Å². The lowest BCUT2D eigenvalue weighted by atomic mass is 10.3. The molecule has 0 saturated carbocycles. The molecular weight excluding hydrogens is 266 g/mol. The van der Waals surface area contributed by atoms with Crippen molar-refractivity contribution in [1.82, 2.24) is 9.88 Å². The standard InChI is InChI=1S/C12H13N3O3S/c1-7(10(16)17)15(2)12(18)14-11-13-8-5-3-4-6-9(8)19-11/h3-7H,1-2H3,(H,16,17)(H,13,14,18). The first-order valence-corrected chi connectivity index (χ1v) is 6.43. The summed E-state index contributed by atoms with van der Waals surface area (Å²) in [4.78, 5) is 28.0. The molecule has 1 aromatic heterocycles. The van der Waals surface area contributed by atoms with E-state index in [1.165, 1.54) is 25.3 Å². The first-order chi connectivity index (χ1) is 8.99. The van der Waals surface area contributed by atoms with Crippen LogP contribution in [0, 0.1) is 0 Å². The van der Waals surface area contributed by atoms with Gasteiger partial charge in [0.2, 0.25) is 0 Å². The van der Waals surface area contributed by atoms with Crippen molar-refractivity contribution in [2.24, 2.45) is 0 Å². The lowest BCUT2D eigenvalue weighted by molar-refractivity contribution is -0.141. The summed E-state index contributed by atoms with van der Waals surface area (Å²) >= 11 is 1.35. The van der Waals surface area contributed by atoms with Crippen molar-refractivity contribution < 1.29 is 14.7 Å². The SMILES string of the molecule is CC(C(=O)O)N(C)C(=O)Nc1nc2ccccc2s1. The molecule has 0 spiro atoms. The molecule has 7 heteroatoms. The summed E-state index contributed by atoms with van der Waals surface area (Å²) in [6, 6.07) is 6.14. The quantitative estimate of drug-likeness (QED) is 0.902. The lowest BCUT2D eigenvalue weighted by Gasteiger charge is -2.20. The number of rotatable bonds is 3. The number of hydrogen-bond donors (Lipinski definition) is 2. The number of nitrogens with zero attached hydrogens (tertiary/aromatic N) is 2. The average molecular weight is 279 g/mol. The molecule has 6 nitrogen and oxygen atoms in total. The number of amides is 2. The third kappa shape index (κ3) is 2.82. The monoisotopic (exact) mass is 279 g/mol. The predicted molar refractivity (Wildman–Crippen MR) is 73.5 cm³/mol. The van der Waals surface area contributed by atoms with E-state index in [4.69, 9.17) is 5.11 Å². The molecule has 0 aliphatic carbocycles. The summed E-state index contributed by atoms with van der Waals surface area (Å²) in [5.74, 6) is -1.05. The normalized spacial score (nSPS) is 12.1. The average Bonchev–Trinajstić information content (AvgIpc) is 2.78. The van der Waals surface area contributed by atoms with Crippen LogP contribution in [0.2, 0.25) is 0 Å². The molecule has 1 atom stereocenters. The Bertz CT molecular complexity index is 592. The number of hydrogen-bond acceptors (Lipinski definition) is 4. The van der Waals surface area contributed by atoms with Crippen LogP contribution in [0.25, 0.3) is 10.2 Å². The van der Waals surface area contributed by atoms with E-state index in [2.05, 4.69) is 10.3 Å². The van der Waals surface area contributed by atoms with Gasteiger partial charge in [-0.05, 0) is 19.1 Å². The molecule has 1 aromatic carbocycles. The Morgan fingerprint density at radius 3 is 2.74 bits per heavy atom. The van der Waals surface area contributed by atoms with E-state index in [1.807, 2.05) is 24.3 Å². The number of carboxylic acid groups (broad SMARTS) is 1. The van der Waals surface area contributed by atoms with Gasteiger partial charge in [0, 0.05) is 7.05 Å². The van der Waals surface area contributed by atoms with Crippen LogP contribution in [-0.2, 0) is 4.79 Å². The Morgan fingerprint density at radius 2 is 2.11 bits per heavy atom. The summed E-state index contributed by atoms with van der Waals surface area (Å²) in [6.45, 7) is 1.44. The first kappa shape index (κ1) is 13.3. The van der Waals surface area contributed by atoms with E-state index in [1.54, 1.807) is 0 Å². The molecule has 2 N–H and O–H groups in total. The summed E-state index contributed by atoms with van der Waals surface area (Å²) in [5, 5.41) is 11.9. The van der Waals surface area contributed by atoms with E-state index in [0.717, 1.165) is 15.1 Å². The van der Waals surface area contributed by atoms with Gasteiger partial charge >= 0.3 is 12.0 Å². The molecule has 0 bridgehead atoms. The second-order valence-electron chi connectivity index (χ2n) is 4.04. The molecule has 1 unspecified atom stereocenters. The van der Waals surface area contributed by atoms with Gasteiger partial charge < -0.3 is 10.0 Å². The first-order valence-electron chi connectivity index (χ1n) is 5.61. The van der Waals surface area contributed by atoms with Crippen LogP contribution in [-0.4, -0.2) is 40.1 Å². The Morgan fingerprint density at radius 1 is 1.42 bits per heavy atom. The number of thiazole rings is 1. The fourth-order valence-electron chi connectivity index (χ4n) is 1.45. The molecule has 0 radical (unpaired) electrons. The maximum atomic E-state index is 11.9. The number of carbonyl (C=O) groups is 2. The van der Waals surface area contributed by atoms with Crippen molar-refractivity contribution in [2.45, 2.75) is 13.0 Å². The van der Waals surface area contributed by atoms with E-state index in [-0.39, 0.29) is 0 Å². The molecule has 100 valence electrons.